The molecule has 156 valence electrons. The molecule has 9 heteroatoms. The third kappa shape index (κ3) is 4.00. The van der Waals surface area contributed by atoms with Gasteiger partial charge in [-0.25, -0.2) is 5.10 Å². The number of benzene rings is 2. The van der Waals surface area contributed by atoms with Crippen LogP contribution in [-0.2, 0) is 17.4 Å². The highest BCUT2D eigenvalue weighted by molar-refractivity contribution is 5.97. The number of hydrogen-bond acceptors (Lipinski definition) is 4. The molecule has 2 N–H and O–H groups in total. The fourth-order valence-corrected chi connectivity index (χ4v) is 3.70. The van der Waals surface area contributed by atoms with Gasteiger partial charge in [0.05, 0.1) is 34.4 Å². The van der Waals surface area contributed by atoms with Crippen LogP contribution < -0.4 is 15.8 Å². The molecule has 30 heavy (non-hydrogen) atoms. The van der Waals surface area contributed by atoms with Crippen LogP contribution in [-0.4, -0.2) is 29.2 Å². The van der Waals surface area contributed by atoms with E-state index in [1.807, 2.05) is 4.90 Å². The number of hydrogen-bond donors (Lipinski definition) is 2. The molecule has 1 aliphatic heterocycles. The van der Waals surface area contributed by atoms with E-state index in [9.17, 15) is 22.8 Å². The Morgan fingerprint density at radius 2 is 1.80 bits per heavy atom. The van der Waals surface area contributed by atoms with Gasteiger partial charge in [0.15, 0.2) is 0 Å². The number of fused-ring (bicyclic) bond motifs is 1. The van der Waals surface area contributed by atoms with Crippen LogP contribution in [0.3, 0.4) is 0 Å². The van der Waals surface area contributed by atoms with E-state index >= 15 is 0 Å². The third-order valence-electron chi connectivity index (χ3n) is 5.15. The minimum Gasteiger partial charge on any atom is -0.370 e. The molecule has 0 saturated carbocycles. The van der Waals surface area contributed by atoms with Crippen LogP contribution in [0, 0.1) is 0 Å². The number of aromatic amines is 1. The van der Waals surface area contributed by atoms with Gasteiger partial charge in [0.25, 0.3) is 5.56 Å². The number of anilines is 2. The molecule has 0 spiro atoms. The summed E-state index contributed by atoms with van der Waals surface area (Å²) in [6.07, 6.45) is -2.81. The Hall–Kier alpha value is -3.36. The summed E-state index contributed by atoms with van der Waals surface area (Å²) in [6.45, 7) is 1.45. The van der Waals surface area contributed by atoms with Crippen LogP contribution >= 0.6 is 0 Å². The van der Waals surface area contributed by atoms with Crippen molar-refractivity contribution in [1.29, 1.82) is 0 Å². The van der Waals surface area contributed by atoms with Crippen molar-refractivity contribution in [1.82, 2.24) is 10.2 Å². The van der Waals surface area contributed by atoms with Crippen LogP contribution in [0.25, 0.3) is 10.8 Å². The molecule has 6 nitrogen and oxygen atoms in total. The summed E-state index contributed by atoms with van der Waals surface area (Å²) in [5, 5.41) is 9.85. The smallest absolute Gasteiger partial charge is 0.370 e. The normalized spacial score (nSPS) is 14.3. The third-order valence-corrected chi connectivity index (χ3v) is 5.15. The molecule has 1 amide bonds. The predicted octanol–water partition coefficient (Wildman–Crippen LogP) is 3.72. The molecule has 0 radical (unpaired) electrons. The molecule has 1 aliphatic rings. The number of amides is 1. The van der Waals surface area contributed by atoms with E-state index in [0.717, 1.165) is 38.1 Å². The Balaban J connectivity index is 1.64. The highest BCUT2D eigenvalue weighted by Crippen LogP contribution is 2.36. The van der Waals surface area contributed by atoms with Gasteiger partial charge in [0.2, 0.25) is 5.91 Å². The number of nitrogens with one attached hydrogen (secondary N) is 2. The molecule has 3 aromatic rings. The minimum atomic E-state index is -4.51. The highest BCUT2D eigenvalue weighted by Gasteiger charge is 2.32. The second-order valence-electron chi connectivity index (χ2n) is 7.19. The van der Waals surface area contributed by atoms with Gasteiger partial charge in [-0.15, -0.1) is 0 Å². The second-order valence-corrected chi connectivity index (χ2v) is 7.19. The molecule has 0 bridgehead atoms. The molecule has 2 heterocycles. The lowest BCUT2D eigenvalue weighted by Crippen LogP contribution is -2.23. The highest BCUT2D eigenvalue weighted by atomic mass is 19.4. The Bertz CT molecular complexity index is 1150. The molecular formula is C21H19F3N4O2. The first-order valence-electron chi connectivity index (χ1n) is 9.55. The topological polar surface area (TPSA) is 78.1 Å². The SMILES string of the molecule is O=C(Cc1n[nH]c(=O)c2ccccc12)Nc1cc(C(F)(F)F)ccc1N1CCCC1. The van der Waals surface area contributed by atoms with E-state index < -0.39 is 17.6 Å². The zero-order chi connectivity index (χ0) is 21.3. The number of carbonyl (C=O) groups is 1. The summed E-state index contributed by atoms with van der Waals surface area (Å²) >= 11 is 0. The Labute approximate surface area is 169 Å². The summed E-state index contributed by atoms with van der Waals surface area (Å²) < 4.78 is 39.6. The molecule has 0 unspecified atom stereocenters. The van der Waals surface area contributed by atoms with Crippen LogP contribution in [0.4, 0.5) is 24.5 Å². The van der Waals surface area contributed by atoms with Gasteiger partial charge in [0.1, 0.15) is 0 Å². The number of rotatable bonds is 4. The molecule has 0 atom stereocenters. The average Bonchev–Trinajstić information content (AvgIpc) is 3.24. The lowest BCUT2D eigenvalue weighted by Gasteiger charge is -2.23. The van der Waals surface area contributed by atoms with Gasteiger partial charge in [-0.2, -0.15) is 18.3 Å². The van der Waals surface area contributed by atoms with E-state index in [2.05, 4.69) is 15.5 Å². The first-order chi connectivity index (χ1) is 14.3. The molecule has 2 aromatic carbocycles. The van der Waals surface area contributed by atoms with Crippen molar-refractivity contribution < 1.29 is 18.0 Å². The van der Waals surface area contributed by atoms with Crippen molar-refractivity contribution in [2.45, 2.75) is 25.4 Å². The second kappa shape index (κ2) is 7.81. The number of nitrogens with zero attached hydrogens (tertiary/aromatic N) is 2. The van der Waals surface area contributed by atoms with Gasteiger partial charge in [0, 0.05) is 18.5 Å². The predicted molar refractivity (Wildman–Crippen MR) is 108 cm³/mol. The van der Waals surface area contributed by atoms with Gasteiger partial charge in [-0.05, 0) is 37.1 Å². The van der Waals surface area contributed by atoms with E-state index in [1.54, 1.807) is 24.3 Å². The van der Waals surface area contributed by atoms with Crippen LogP contribution in [0.5, 0.6) is 0 Å². The lowest BCUT2D eigenvalue weighted by molar-refractivity contribution is -0.137. The average molecular weight is 416 g/mol. The first-order valence-corrected chi connectivity index (χ1v) is 9.55. The summed E-state index contributed by atoms with van der Waals surface area (Å²) in [5.74, 6) is -0.514. The van der Waals surface area contributed by atoms with Crippen molar-refractivity contribution in [2.24, 2.45) is 0 Å². The van der Waals surface area contributed by atoms with Gasteiger partial charge in [-0.1, -0.05) is 18.2 Å². The lowest BCUT2D eigenvalue weighted by atomic mass is 10.1. The van der Waals surface area contributed by atoms with Crippen molar-refractivity contribution in [3.8, 4) is 0 Å². The van der Waals surface area contributed by atoms with E-state index in [-0.39, 0.29) is 17.7 Å². The van der Waals surface area contributed by atoms with Crippen LogP contribution in [0.15, 0.2) is 47.3 Å². The quantitative estimate of drug-likeness (QED) is 0.680. The monoisotopic (exact) mass is 416 g/mol. The Morgan fingerprint density at radius 1 is 1.10 bits per heavy atom. The summed E-state index contributed by atoms with van der Waals surface area (Å²) in [4.78, 5) is 26.6. The number of H-pyrrole nitrogens is 1. The fourth-order valence-electron chi connectivity index (χ4n) is 3.70. The number of aromatic nitrogens is 2. The fraction of sp³-hybridized carbons (Fsp3) is 0.286. The Morgan fingerprint density at radius 3 is 2.50 bits per heavy atom. The molecule has 4 rings (SSSR count). The maximum atomic E-state index is 13.2. The van der Waals surface area contributed by atoms with Crippen molar-refractivity contribution in [2.75, 3.05) is 23.3 Å². The molecule has 1 saturated heterocycles. The number of halogens is 3. The van der Waals surface area contributed by atoms with Crippen LogP contribution in [0.2, 0.25) is 0 Å². The molecular weight excluding hydrogens is 397 g/mol. The van der Waals surface area contributed by atoms with Crippen LogP contribution in [0.1, 0.15) is 24.1 Å². The molecule has 0 aliphatic carbocycles. The zero-order valence-electron chi connectivity index (χ0n) is 15.9. The number of carbonyl (C=O) groups excluding carboxylic acids is 1. The summed E-state index contributed by atoms with van der Waals surface area (Å²) in [5.41, 5.74) is -0.173. The minimum absolute atomic E-state index is 0.116. The van der Waals surface area contributed by atoms with Crippen molar-refractivity contribution >= 4 is 28.1 Å². The van der Waals surface area contributed by atoms with Crippen molar-refractivity contribution in [3.05, 3.63) is 64.1 Å². The van der Waals surface area contributed by atoms with E-state index in [1.165, 1.54) is 6.07 Å². The Kier molecular flexibility index (Phi) is 5.19. The zero-order valence-corrected chi connectivity index (χ0v) is 15.9. The maximum Gasteiger partial charge on any atom is 0.416 e. The van der Waals surface area contributed by atoms with Gasteiger partial charge < -0.3 is 10.2 Å². The van der Waals surface area contributed by atoms with E-state index in [0.29, 0.717) is 22.2 Å². The molecule has 1 aromatic heterocycles. The van der Waals surface area contributed by atoms with Gasteiger partial charge >= 0.3 is 6.18 Å². The maximum absolute atomic E-state index is 13.2. The number of alkyl halides is 3. The largest absolute Gasteiger partial charge is 0.416 e. The summed E-state index contributed by atoms with van der Waals surface area (Å²) in [7, 11) is 0. The summed E-state index contributed by atoms with van der Waals surface area (Å²) in [6, 6.07) is 10.1. The standard InChI is InChI=1S/C21H19F3N4O2/c22-21(23,24)13-7-8-18(28-9-3-4-10-28)17(11-13)25-19(29)12-16-14-5-1-2-6-15(14)20(30)27-26-16/h1-2,5-8,11H,3-4,9-10,12H2,(H,25,29)(H,27,30). The first kappa shape index (κ1) is 19.9. The van der Waals surface area contributed by atoms with Gasteiger partial charge in [-0.3, -0.25) is 9.59 Å². The molecule has 1 fully saturated rings. The van der Waals surface area contributed by atoms with Crippen molar-refractivity contribution in [3.63, 3.8) is 0 Å². The van der Waals surface area contributed by atoms with E-state index in [4.69, 9.17) is 0 Å².